The van der Waals surface area contributed by atoms with E-state index in [1.54, 1.807) is 47.4 Å². The lowest BCUT2D eigenvalue weighted by Gasteiger charge is -2.10. The van der Waals surface area contributed by atoms with E-state index in [0.29, 0.717) is 35.2 Å². The van der Waals surface area contributed by atoms with E-state index < -0.39 is 0 Å². The molecule has 32 heavy (non-hydrogen) atoms. The van der Waals surface area contributed by atoms with Crippen molar-refractivity contribution in [3.63, 3.8) is 0 Å². The minimum absolute atomic E-state index is 0.248. The summed E-state index contributed by atoms with van der Waals surface area (Å²) in [5.74, 6) is 0.0774. The molecule has 5 nitrogen and oxygen atoms in total. The topological polar surface area (TPSA) is 56.1 Å². The zero-order valence-corrected chi connectivity index (χ0v) is 18.1. The van der Waals surface area contributed by atoms with Gasteiger partial charge in [-0.2, -0.15) is 5.10 Å². The van der Waals surface area contributed by atoms with Crippen LogP contribution in [0.4, 0.5) is 10.1 Å². The minimum Gasteiger partial charge on any atom is -0.487 e. The number of nitrogens with one attached hydrogen (secondary N) is 1. The number of carbonyl (C=O) groups is 1. The number of halogens is 2. The first-order chi connectivity index (χ1) is 15.5. The van der Waals surface area contributed by atoms with Crippen LogP contribution < -0.4 is 10.1 Å². The van der Waals surface area contributed by atoms with Crippen LogP contribution in [0.1, 0.15) is 27.0 Å². The summed E-state index contributed by atoms with van der Waals surface area (Å²) in [7, 11) is 0. The van der Waals surface area contributed by atoms with Crippen molar-refractivity contribution in [2.75, 3.05) is 5.32 Å². The van der Waals surface area contributed by atoms with Crippen LogP contribution in [0.15, 0.2) is 79.1 Å². The average Bonchev–Trinajstić information content (AvgIpc) is 3.23. The quantitative estimate of drug-likeness (QED) is 0.384. The maximum absolute atomic E-state index is 13.0. The molecule has 0 bridgehead atoms. The van der Waals surface area contributed by atoms with Crippen molar-refractivity contribution in [1.82, 2.24) is 9.78 Å². The summed E-state index contributed by atoms with van der Waals surface area (Å²) in [4.78, 5) is 12.7. The molecular weight excluding hydrogens is 429 g/mol. The Morgan fingerprint density at radius 1 is 1.09 bits per heavy atom. The van der Waals surface area contributed by atoms with Crippen molar-refractivity contribution in [2.45, 2.75) is 20.1 Å². The second kappa shape index (κ2) is 9.66. The molecular formula is C25H21ClFN3O2. The Morgan fingerprint density at radius 3 is 2.72 bits per heavy atom. The summed E-state index contributed by atoms with van der Waals surface area (Å²) in [6, 6.07) is 19.0. The molecule has 162 valence electrons. The van der Waals surface area contributed by atoms with Crippen molar-refractivity contribution in [1.29, 1.82) is 0 Å². The van der Waals surface area contributed by atoms with Crippen molar-refractivity contribution >= 4 is 23.2 Å². The van der Waals surface area contributed by atoms with Crippen LogP contribution in [0.3, 0.4) is 0 Å². The van der Waals surface area contributed by atoms with Gasteiger partial charge in [-0.05, 0) is 60.0 Å². The molecule has 3 aromatic carbocycles. The van der Waals surface area contributed by atoms with E-state index in [4.69, 9.17) is 16.3 Å². The minimum atomic E-state index is -0.281. The highest BCUT2D eigenvalue weighted by Gasteiger charge is 2.10. The summed E-state index contributed by atoms with van der Waals surface area (Å²) >= 11 is 6.18. The van der Waals surface area contributed by atoms with Crippen LogP contribution in [-0.4, -0.2) is 15.7 Å². The molecule has 0 saturated carbocycles. The number of aryl methyl sites for hydroxylation is 1. The third-order valence-corrected chi connectivity index (χ3v) is 5.13. The van der Waals surface area contributed by atoms with E-state index in [1.807, 2.05) is 31.2 Å². The highest BCUT2D eigenvalue weighted by Crippen LogP contribution is 2.26. The van der Waals surface area contributed by atoms with Gasteiger partial charge in [0.1, 0.15) is 18.2 Å². The van der Waals surface area contributed by atoms with Gasteiger partial charge in [0.25, 0.3) is 5.91 Å². The number of rotatable bonds is 7. The summed E-state index contributed by atoms with van der Waals surface area (Å²) in [6.45, 7) is 2.74. The molecule has 0 fully saturated rings. The molecule has 0 spiro atoms. The normalized spacial score (nSPS) is 10.7. The fourth-order valence-electron chi connectivity index (χ4n) is 3.18. The number of benzene rings is 3. The van der Waals surface area contributed by atoms with Crippen LogP contribution in [0.2, 0.25) is 5.02 Å². The van der Waals surface area contributed by atoms with Gasteiger partial charge in [0.2, 0.25) is 0 Å². The second-order valence-electron chi connectivity index (χ2n) is 7.43. The first-order valence-electron chi connectivity index (χ1n) is 10.0. The average molecular weight is 450 g/mol. The maximum Gasteiger partial charge on any atom is 0.255 e. The lowest BCUT2D eigenvalue weighted by Crippen LogP contribution is -2.12. The summed E-state index contributed by atoms with van der Waals surface area (Å²) < 4.78 is 20.6. The van der Waals surface area contributed by atoms with Gasteiger partial charge in [-0.25, -0.2) is 4.39 Å². The second-order valence-corrected chi connectivity index (χ2v) is 7.84. The van der Waals surface area contributed by atoms with Gasteiger partial charge in [0.15, 0.2) is 0 Å². The zero-order valence-electron chi connectivity index (χ0n) is 17.4. The first kappa shape index (κ1) is 21.6. The van der Waals surface area contributed by atoms with E-state index in [-0.39, 0.29) is 11.7 Å². The van der Waals surface area contributed by atoms with Crippen molar-refractivity contribution in [2.24, 2.45) is 0 Å². The molecule has 0 aliphatic carbocycles. The molecule has 4 aromatic rings. The predicted octanol–water partition coefficient (Wildman–Crippen LogP) is 5.86. The number of aromatic nitrogens is 2. The van der Waals surface area contributed by atoms with Gasteiger partial charge in [0.05, 0.1) is 23.5 Å². The number of hydrogen-bond donors (Lipinski definition) is 1. The highest BCUT2D eigenvalue weighted by atomic mass is 35.5. The molecule has 0 atom stereocenters. The molecule has 0 aliphatic heterocycles. The van der Waals surface area contributed by atoms with Crippen LogP contribution >= 0.6 is 11.6 Å². The largest absolute Gasteiger partial charge is 0.487 e. The molecule has 0 radical (unpaired) electrons. The lowest BCUT2D eigenvalue weighted by atomic mass is 10.1. The van der Waals surface area contributed by atoms with Crippen LogP contribution in [-0.2, 0) is 13.2 Å². The van der Waals surface area contributed by atoms with Gasteiger partial charge < -0.3 is 10.1 Å². The number of ether oxygens (including phenoxy) is 1. The summed E-state index contributed by atoms with van der Waals surface area (Å²) in [5.41, 5.74) is 3.89. The van der Waals surface area contributed by atoms with Crippen LogP contribution in [0.5, 0.6) is 5.75 Å². The lowest BCUT2D eigenvalue weighted by molar-refractivity contribution is 0.102. The van der Waals surface area contributed by atoms with Gasteiger partial charge in [-0.15, -0.1) is 0 Å². The van der Waals surface area contributed by atoms with E-state index in [2.05, 4.69) is 10.4 Å². The third-order valence-electron chi connectivity index (χ3n) is 4.82. The monoisotopic (exact) mass is 449 g/mol. The molecule has 1 aromatic heterocycles. The molecule has 1 amide bonds. The Labute approximate surface area is 190 Å². The van der Waals surface area contributed by atoms with E-state index in [0.717, 1.165) is 16.7 Å². The van der Waals surface area contributed by atoms with Crippen LogP contribution in [0, 0.1) is 12.7 Å². The Hall–Kier alpha value is -3.64. The Balaban J connectivity index is 1.38. The zero-order chi connectivity index (χ0) is 22.5. The van der Waals surface area contributed by atoms with Gasteiger partial charge >= 0.3 is 0 Å². The standard InChI is InChI=1S/C25H21ClFN3O2/c1-17-5-10-23(26)24(11-17)32-16-19-3-2-4-20(12-19)25(31)29-22-13-28-30(15-22)14-18-6-8-21(27)9-7-18/h2-13,15H,14,16H2,1H3,(H,29,31). The molecule has 0 unspecified atom stereocenters. The third kappa shape index (κ3) is 5.53. The van der Waals surface area contributed by atoms with Gasteiger partial charge in [-0.1, -0.05) is 41.9 Å². The fourth-order valence-corrected chi connectivity index (χ4v) is 3.35. The van der Waals surface area contributed by atoms with E-state index in [9.17, 15) is 9.18 Å². The first-order valence-corrected chi connectivity index (χ1v) is 10.4. The summed E-state index contributed by atoms with van der Waals surface area (Å²) in [6.07, 6.45) is 3.31. The smallest absolute Gasteiger partial charge is 0.255 e. The Kier molecular flexibility index (Phi) is 6.52. The van der Waals surface area contributed by atoms with Crippen molar-refractivity contribution < 1.29 is 13.9 Å². The molecule has 4 rings (SSSR count). The SMILES string of the molecule is Cc1ccc(Cl)c(OCc2cccc(C(=O)Nc3cnn(Cc4ccc(F)cc4)c3)c2)c1. The molecule has 1 N–H and O–H groups in total. The molecule has 7 heteroatoms. The van der Waals surface area contributed by atoms with Crippen molar-refractivity contribution in [3.8, 4) is 5.75 Å². The molecule has 0 aliphatic rings. The molecule has 0 saturated heterocycles. The number of nitrogens with zero attached hydrogens (tertiary/aromatic N) is 2. The van der Waals surface area contributed by atoms with E-state index in [1.165, 1.54) is 12.1 Å². The van der Waals surface area contributed by atoms with Crippen molar-refractivity contribution in [3.05, 3.63) is 112 Å². The highest BCUT2D eigenvalue weighted by molar-refractivity contribution is 6.32. The fraction of sp³-hybridized carbons (Fsp3) is 0.120. The Morgan fingerprint density at radius 2 is 1.91 bits per heavy atom. The number of hydrogen-bond acceptors (Lipinski definition) is 3. The maximum atomic E-state index is 13.0. The van der Waals surface area contributed by atoms with Crippen LogP contribution in [0.25, 0.3) is 0 Å². The number of anilines is 1. The van der Waals surface area contributed by atoms with Gasteiger partial charge in [0, 0.05) is 11.8 Å². The molecule has 1 heterocycles. The Bertz CT molecular complexity index is 1240. The van der Waals surface area contributed by atoms with E-state index >= 15 is 0 Å². The number of carbonyl (C=O) groups excluding carboxylic acids is 1. The summed E-state index contributed by atoms with van der Waals surface area (Å²) in [5, 5.41) is 7.64. The van der Waals surface area contributed by atoms with Gasteiger partial charge in [-0.3, -0.25) is 9.48 Å². The number of amides is 1. The predicted molar refractivity (Wildman–Crippen MR) is 123 cm³/mol.